The summed E-state index contributed by atoms with van der Waals surface area (Å²) in [6.07, 6.45) is 4.58. The maximum Gasteiger partial charge on any atom is 0.190 e. The van der Waals surface area contributed by atoms with Crippen LogP contribution in [-0.2, 0) is 0 Å². The quantitative estimate of drug-likeness (QED) is 0.698. The van der Waals surface area contributed by atoms with E-state index in [-0.39, 0.29) is 0 Å². The van der Waals surface area contributed by atoms with Gasteiger partial charge >= 0.3 is 0 Å². The van der Waals surface area contributed by atoms with Gasteiger partial charge in [0.15, 0.2) is 23.0 Å². The predicted octanol–water partition coefficient (Wildman–Crippen LogP) is 2.95. The maximum atomic E-state index is 6.02. The maximum absolute atomic E-state index is 6.02. The highest BCUT2D eigenvalue weighted by Gasteiger charge is 2.21. The number of para-hydroxylation sites is 2. The topological polar surface area (TPSA) is 61.5 Å². The molecule has 0 bridgehead atoms. The number of nitrogens with zero attached hydrogens (tertiary/aromatic N) is 4. The molecule has 0 radical (unpaired) electrons. The molecule has 0 fully saturated rings. The number of hydrogen-bond acceptors (Lipinski definition) is 5. The van der Waals surface area contributed by atoms with E-state index in [1.165, 1.54) is 17.3 Å². The van der Waals surface area contributed by atoms with Crippen molar-refractivity contribution in [3.63, 3.8) is 0 Å². The van der Waals surface area contributed by atoms with Gasteiger partial charge in [0.25, 0.3) is 0 Å². The summed E-state index contributed by atoms with van der Waals surface area (Å²) in [7, 11) is 0. The van der Waals surface area contributed by atoms with Crippen LogP contribution in [0.2, 0.25) is 0 Å². The lowest BCUT2D eigenvalue weighted by atomic mass is 10.1. The van der Waals surface area contributed by atoms with Crippen molar-refractivity contribution in [2.75, 3.05) is 0 Å². The first-order valence-electron chi connectivity index (χ1n) is 7.03. The van der Waals surface area contributed by atoms with Crippen molar-refractivity contribution in [3.8, 4) is 11.5 Å². The van der Waals surface area contributed by atoms with Gasteiger partial charge in [-0.25, -0.2) is 4.68 Å². The van der Waals surface area contributed by atoms with E-state index in [4.69, 9.17) is 9.47 Å². The summed E-state index contributed by atoms with van der Waals surface area (Å²) >= 11 is 0. The molecule has 0 spiro atoms. The van der Waals surface area contributed by atoms with Gasteiger partial charge in [0, 0.05) is 5.56 Å². The largest absolute Gasteiger partial charge is 0.449 e. The molecule has 6 nitrogen and oxygen atoms in total. The third kappa shape index (κ3) is 2.69. The molecule has 0 amide bonds. The zero-order valence-electron chi connectivity index (χ0n) is 12.0. The Morgan fingerprint density at radius 2 is 1.48 bits per heavy atom. The minimum absolute atomic E-state index is 0.517. The molecule has 0 saturated carbocycles. The van der Waals surface area contributed by atoms with Crippen LogP contribution in [0.15, 0.2) is 78.1 Å². The van der Waals surface area contributed by atoms with Gasteiger partial charge in [-0.3, -0.25) is 0 Å². The fourth-order valence-corrected chi connectivity index (χ4v) is 2.19. The Labute approximate surface area is 132 Å². The summed E-state index contributed by atoms with van der Waals surface area (Å²) in [6, 6.07) is 17.3. The molecule has 0 aliphatic carbocycles. The molecular formula is C17H12N4O2. The van der Waals surface area contributed by atoms with E-state index in [1.807, 2.05) is 54.6 Å². The Kier molecular flexibility index (Phi) is 3.32. The third-order valence-electron chi connectivity index (χ3n) is 3.26. The summed E-state index contributed by atoms with van der Waals surface area (Å²) < 4.78 is 13.5. The first-order chi connectivity index (χ1) is 11.4. The molecule has 1 aliphatic heterocycles. The molecule has 0 saturated heterocycles. The van der Waals surface area contributed by atoms with Gasteiger partial charge in [-0.2, -0.15) is 5.10 Å². The number of hydrogen-bond donors (Lipinski definition) is 0. The van der Waals surface area contributed by atoms with Gasteiger partial charge in [-0.05, 0) is 12.1 Å². The van der Waals surface area contributed by atoms with Gasteiger partial charge in [0.05, 0.1) is 6.21 Å². The van der Waals surface area contributed by atoms with Crippen LogP contribution in [-0.4, -0.2) is 21.1 Å². The normalized spacial score (nSPS) is 13.6. The average molecular weight is 304 g/mol. The minimum atomic E-state index is 0.517. The summed E-state index contributed by atoms with van der Waals surface area (Å²) in [5.41, 5.74) is 0.909. The van der Waals surface area contributed by atoms with E-state index < -0.39 is 0 Å². The Morgan fingerprint density at radius 1 is 0.826 bits per heavy atom. The SMILES string of the molecule is C(=N/n1cnnc1)/C1=C(c2ccccc2)Oc2ccccc2O1. The van der Waals surface area contributed by atoms with Crippen molar-refractivity contribution in [1.29, 1.82) is 0 Å². The summed E-state index contributed by atoms with van der Waals surface area (Å²) in [4.78, 5) is 0. The lowest BCUT2D eigenvalue weighted by Gasteiger charge is -2.21. The highest BCUT2D eigenvalue weighted by molar-refractivity contribution is 5.89. The molecular weight excluding hydrogens is 292 g/mol. The zero-order valence-corrected chi connectivity index (χ0v) is 12.0. The fourth-order valence-electron chi connectivity index (χ4n) is 2.19. The number of rotatable bonds is 3. The van der Waals surface area contributed by atoms with E-state index >= 15 is 0 Å². The van der Waals surface area contributed by atoms with E-state index in [9.17, 15) is 0 Å². The Morgan fingerprint density at radius 3 is 2.22 bits per heavy atom. The van der Waals surface area contributed by atoms with E-state index in [2.05, 4.69) is 15.3 Å². The molecule has 6 heteroatoms. The van der Waals surface area contributed by atoms with Crippen LogP contribution in [0.5, 0.6) is 11.5 Å². The van der Waals surface area contributed by atoms with E-state index in [1.54, 1.807) is 6.21 Å². The van der Waals surface area contributed by atoms with Crippen LogP contribution in [0.1, 0.15) is 5.56 Å². The monoisotopic (exact) mass is 304 g/mol. The molecule has 23 heavy (non-hydrogen) atoms. The highest BCUT2D eigenvalue weighted by Crippen LogP contribution is 2.37. The first-order valence-corrected chi connectivity index (χ1v) is 7.03. The second-order valence-electron chi connectivity index (χ2n) is 4.80. The van der Waals surface area contributed by atoms with Crippen LogP contribution in [0.25, 0.3) is 5.76 Å². The number of benzene rings is 2. The fraction of sp³-hybridized carbons (Fsp3) is 0. The zero-order chi connectivity index (χ0) is 15.5. The van der Waals surface area contributed by atoms with Crippen LogP contribution in [0, 0.1) is 0 Å². The van der Waals surface area contributed by atoms with Crippen LogP contribution in [0.3, 0.4) is 0 Å². The molecule has 0 atom stereocenters. The Hall–Kier alpha value is -3.41. The molecule has 4 rings (SSSR count). The molecule has 0 N–H and O–H groups in total. The molecule has 0 unspecified atom stereocenters. The Balaban J connectivity index is 1.77. The molecule has 1 aromatic heterocycles. The van der Waals surface area contributed by atoms with Crippen molar-refractivity contribution >= 4 is 12.0 Å². The van der Waals surface area contributed by atoms with Crippen LogP contribution >= 0.6 is 0 Å². The van der Waals surface area contributed by atoms with Gasteiger partial charge in [0.1, 0.15) is 12.7 Å². The van der Waals surface area contributed by atoms with Crippen LogP contribution < -0.4 is 9.47 Å². The van der Waals surface area contributed by atoms with E-state index in [0.29, 0.717) is 23.0 Å². The van der Waals surface area contributed by atoms with Crippen molar-refractivity contribution in [2.45, 2.75) is 0 Å². The smallest absolute Gasteiger partial charge is 0.190 e. The Bertz CT molecular complexity index is 871. The number of allylic oxidation sites excluding steroid dienone is 1. The van der Waals surface area contributed by atoms with Gasteiger partial charge in [-0.1, -0.05) is 42.5 Å². The minimum Gasteiger partial charge on any atom is -0.449 e. The second-order valence-corrected chi connectivity index (χ2v) is 4.80. The average Bonchev–Trinajstić information content (AvgIpc) is 3.13. The summed E-state index contributed by atoms with van der Waals surface area (Å²) in [5, 5.41) is 11.7. The van der Waals surface area contributed by atoms with Crippen molar-refractivity contribution in [1.82, 2.24) is 14.9 Å². The summed E-state index contributed by atoms with van der Waals surface area (Å²) in [6.45, 7) is 0. The molecule has 1 aliphatic rings. The van der Waals surface area contributed by atoms with Crippen LogP contribution in [0.4, 0.5) is 0 Å². The molecule has 3 aromatic rings. The lowest BCUT2D eigenvalue weighted by molar-refractivity contribution is 0.367. The summed E-state index contributed by atoms with van der Waals surface area (Å²) in [5.74, 6) is 2.45. The lowest BCUT2D eigenvalue weighted by Crippen LogP contribution is -2.12. The molecule has 2 heterocycles. The van der Waals surface area contributed by atoms with Gasteiger partial charge < -0.3 is 9.47 Å². The van der Waals surface area contributed by atoms with Gasteiger partial charge in [-0.15, -0.1) is 10.2 Å². The molecule has 2 aromatic carbocycles. The second kappa shape index (κ2) is 5.76. The predicted molar refractivity (Wildman–Crippen MR) is 85.0 cm³/mol. The number of aromatic nitrogens is 3. The highest BCUT2D eigenvalue weighted by atomic mass is 16.6. The van der Waals surface area contributed by atoms with Crippen molar-refractivity contribution in [2.24, 2.45) is 5.10 Å². The van der Waals surface area contributed by atoms with Crippen molar-refractivity contribution in [3.05, 3.63) is 78.6 Å². The third-order valence-corrected chi connectivity index (χ3v) is 3.26. The van der Waals surface area contributed by atoms with E-state index in [0.717, 1.165) is 5.56 Å². The number of ether oxygens (including phenoxy) is 2. The molecule has 112 valence electrons. The van der Waals surface area contributed by atoms with Crippen molar-refractivity contribution < 1.29 is 9.47 Å². The standard InChI is InChI=1S/C17H12N4O2/c1-2-6-13(7-3-1)17-16(10-20-21-11-18-19-12-21)22-14-8-4-5-9-15(14)23-17/h1-12H/b20-10-. The first kappa shape index (κ1) is 13.3. The number of fused-ring (bicyclic) bond motifs is 1. The van der Waals surface area contributed by atoms with Gasteiger partial charge in [0.2, 0.25) is 0 Å².